The van der Waals surface area contributed by atoms with Crippen molar-refractivity contribution in [2.75, 3.05) is 13.2 Å². The predicted octanol–water partition coefficient (Wildman–Crippen LogP) is 3.05. The highest BCUT2D eigenvalue weighted by atomic mass is 16.5. The Morgan fingerprint density at radius 2 is 1.94 bits per heavy atom. The van der Waals surface area contributed by atoms with Crippen molar-refractivity contribution < 1.29 is 9.53 Å². The summed E-state index contributed by atoms with van der Waals surface area (Å²) in [5, 5.41) is 0. The third kappa shape index (κ3) is 2.35. The third-order valence-corrected chi connectivity index (χ3v) is 3.38. The van der Waals surface area contributed by atoms with Gasteiger partial charge in [0.05, 0.1) is 12.1 Å². The fourth-order valence-corrected chi connectivity index (χ4v) is 2.20. The van der Waals surface area contributed by atoms with Gasteiger partial charge in [-0.25, -0.2) is 0 Å². The van der Waals surface area contributed by atoms with Gasteiger partial charge in [0.15, 0.2) is 0 Å². The highest BCUT2D eigenvalue weighted by Crippen LogP contribution is 2.28. The normalized spacial score (nSPS) is 15.7. The molecule has 18 heavy (non-hydrogen) atoms. The molecular formula is C15H21NO2. The first-order valence-electron chi connectivity index (χ1n) is 6.58. The maximum atomic E-state index is 12.4. The summed E-state index contributed by atoms with van der Waals surface area (Å²) in [5.41, 5.74) is 1.89. The molecule has 1 heterocycles. The predicted molar refractivity (Wildman–Crippen MR) is 72.2 cm³/mol. The molecule has 0 aromatic heterocycles. The summed E-state index contributed by atoms with van der Waals surface area (Å²) < 4.78 is 5.73. The number of carbonyl (C=O) groups excluding carboxylic acids is 1. The van der Waals surface area contributed by atoms with Gasteiger partial charge in [-0.2, -0.15) is 0 Å². The molecule has 0 fully saturated rings. The second kappa shape index (κ2) is 5.01. The van der Waals surface area contributed by atoms with E-state index in [-0.39, 0.29) is 11.9 Å². The zero-order valence-corrected chi connectivity index (χ0v) is 11.6. The molecule has 0 bridgehead atoms. The first kappa shape index (κ1) is 12.9. The minimum absolute atomic E-state index is 0.0767. The summed E-state index contributed by atoms with van der Waals surface area (Å²) >= 11 is 0. The summed E-state index contributed by atoms with van der Waals surface area (Å²) in [4.78, 5) is 14.3. The summed E-state index contributed by atoms with van der Waals surface area (Å²) in [6.07, 6.45) is 0. The number of ether oxygens (including phenoxy) is 1. The van der Waals surface area contributed by atoms with Crippen LogP contribution in [-0.4, -0.2) is 30.0 Å². The Hall–Kier alpha value is -1.51. The molecule has 3 heteroatoms. The molecule has 3 nitrogen and oxygen atoms in total. The second-order valence-corrected chi connectivity index (χ2v) is 5.35. The van der Waals surface area contributed by atoms with Crippen molar-refractivity contribution in [3.63, 3.8) is 0 Å². The van der Waals surface area contributed by atoms with Gasteiger partial charge >= 0.3 is 0 Å². The lowest BCUT2D eigenvalue weighted by molar-refractivity contribution is 0.0704. The van der Waals surface area contributed by atoms with E-state index in [2.05, 4.69) is 13.8 Å². The first-order valence-corrected chi connectivity index (χ1v) is 6.58. The Kier molecular flexibility index (Phi) is 3.60. The van der Waals surface area contributed by atoms with Gasteiger partial charge in [-0.1, -0.05) is 19.9 Å². The average Bonchev–Trinajstić information content (AvgIpc) is 2.48. The number of nitrogens with zero attached hydrogens (tertiary/aromatic N) is 1. The highest BCUT2D eigenvalue weighted by molar-refractivity contribution is 5.97. The quantitative estimate of drug-likeness (QED) is 0.804. The Labute approximate surface area is 109 Å². The Morgan fingerprint density at radius 3 is 2.56 bits per heavy atom. The molecule has 98 valence electrons. The van der Waals surface area contributed by atoms with Crippen LogP contribution in [0.3, 0.4) is 0 Å². The van der Waals surface area contributed by atoms with Crippen LogP contribution in [0, 0.1) is 0 Å². The number of hydrogen-bond donors (Lipinski definition) is 0. The van der Waals surface area contributed by atoms with Crippen LogP contribution in [0.25, 0.3) is 0 Å². The lowest BCUT2D eigenvalue weighted by atomic mass is 10.0. The van der Waals surface area contributed by atoms with E-state index in [0.717, 1.165) is 5.75 Å². The molecule has 0 unspecified atom stereocenters. The monoisotopic (exact) mass is 247 g/mol. The molecule has 1 aliphatic heterocycles. The molecule has 1 amide bonds. The summed E-state index contributed by atoms with van der Waals surface area (Å²) in [7, 11) is 0. The van der Waals surface area contributed by atoms with Gasteiger partial charge in [0, 0.05) is 6.04 Å². The molecular weight excluding hydrogens is 226 g/mol. The standard InChI is InChI=1S/C15H21NO2/c1-10(2)12-5-6-13-14(9-12)18-8-7-16(11(3)4)15(13)17/h5-6,9-11H,7-8H2,1-4H3. The third-order valence-electron chi connectivity index (χ3n) is 3.38. The summed E-state index contributed by atoms with van der Waals surface area (Å²) in [6.45, 7) is 9.57. The van der Waals surface area contributed by atoms with Crippen LogP contribution >= 0.6 is 0 Å². The topological polar surface area (TPSA) is 29.5 Å². The van der Waals surface area contributed by atoms with E-state index >= 15 is 0 Å². The lowest BCUT2D eigenvalue weighted by Crippen LogP contribution is -2.37. The van der Waals surface area contributed by atoms with E-state index < -0.39 is 0 Å². The number of hydrogen-bond acceptors (Lipinski definition) is 2. The van der Waals surface area contributed by atoms with E-state index in [1.807, 2.05) is 36.9 Å². The van der Waals surface area contributed by atoms with E-state index in [1.54, 1.807) is 0 Å². The van der Waals surface area contributed by atoms with Gasteiger partial charge in [0.2, 0.25) is 0 Å². The zero-order chi connectivity index (χ0) is 13.3. The van der Waals surface area contributed by atoms with E-state index in [4.69, 9.17) is 4.74 Å². The van der Waals surface area contributed by atoms with Crippen molar-refractivity contribution in [2.45, 2.75) is 39.7 Å². The van der Waals surface area contributed by atoms with Crippen LogP contribution in [0.1, 0.15) is 49.5 Å². The number of rotatable bonds is 2. The van der Waals surface area contributed by atoms with Gasteiger partial charge in [0.1, 0.15) is 12.4 Å². The zero-order valence-electron chi connectivity index (χ0n) is 11.6. The largest absolute Gasteiger partial charge is 0.491 e. The Morgan fingerprint density at radius 1 is 1.22 bits per heavy atom. The maximum absolute atomic E-state index is 12.4. The minimum atomic E-state index is 0.0767. The van der Waals surface area contributed by atoms with Crippen molar-refractivity contribution >= 4 is 5.91 Å². The molecule has 1 aliphatic rings. The summed E-state index contributed by atoms with van der Waals surface area (Å²) in [5.74, 6) is 1.25. The van der Waals surface area contributed by atoms with E-state index in [9.17, 15) is 4.79 Å². The Bertz CT molecular complexity index is 452. The molecule has 2 rings (SSSR count). The van der Waals surface area contributed by atoms with Crippen molar-refractivity contribution in [1.82, 2.24) is 4.90 Å². The number of fused-ring (bicyclic) bond motifs is 1. The molecule has 1 aromatic carbocycles. The number of benzene rings is 1. The minimum Gasteiger partial charge on any atom is -0.491 e. The van der Waals surface area contributed by atoms with Crippen LogP contribution in [0.4, 0.5) is 0 Å². The van der Waals surface area contributed by atoms with Gasteiger partial charge < -0.3 is 9.64 Å². The van der Waals surface area contributed by atoms with E-state index in [1.165, 1.54) is 5.56 Å². The van der Waals surface area contributed by atoms with Crippen LogP contribution in [0.2, 0.25) is 0 Å². The van der Waals surface area contributed by atoms with Gasteiger partial charge in [-0.15, -0.1) is 0 Å². The van der Waals surface area contributed by atoms with Crippen LogP contribution in [-0.2, 0) is 0 Å². The van der Waals surface area contributed by atoms with Crippen molar-refractivity contribution in [2.24, 2.45) is 0 Å². The molecule has 0 atom stereocenters. The molecule has 1 aromatic rings. The van der Waals surface area contributed by atoms with Crippen LogP contribution in [0.15, 0.2) is 18.2 Å². The molecule has 0 saturated heterocycles. The molecule has 0 radical (unpaired) electrons. The highest BCUT2D eigenvalue weighted by Gasteiger charge is 2.25. The second-order valence-electron chi connectivity index (χ2n) is 5.35. The fourth-order valence-electron chi connectivity index (χ4n) is 2.20. The van der Waals surface area contributed by atoms with Gasteiger partial charge in [-0.3, -0.25) is 4.79 Å². The lowest BCUT2D eigenvalue weighted by Gasteiger charge is -2.24. The average molecular weight is 247 g/mol. The molecule has 0 saturated carbocycles. The summed E-state index contributed by atoms with van der Waals surface area (Å²) in [6, 6.07) is 6.13. The van der Waals surface area contributed by atoms with Crippen LogP contribution < -0.4 is 4.74 Å². The first-order chi connectivity index (χ1) is 8.50. The van der Waals surface area contributed by atoms with Crippen molar-refractivity contribution in [3.05, 3.63) is 29.3 Å². The fraction of sp³-hybridized carbons (Fsp3) is 0.533. The van der Waals surface area contributed by atoms with E-state index in [0.29, 0.717) is 24.6 Å². The SMILES string of the molecule is CC(C)c1ccc2c(c1)OCCN(C(C)C)C2=O. The van der Waals surface area contributed by atoms with Crippen LogP contribution in [0.5, 0.6) is 5.75 Å². The molecule has 0 spiro atoms. The number of amides is 1. The van der Waals surface area contributed by atoms with Gasteiger partial charge in [-0.05, 0) is 37.5 Å². The van der Waals surface area contributed by atoms with Gasteiger partial charge in [0.25, 0.3) is 5.91 Å². The smallest absolute Gasteiger partial charge is 0.257 e. The molecule has 0 N–H and O–H groups in total. The Balaban J connectivity index is 2.39. The van der Waals surface area contributed by atoms with Crippen molar-refractivity contribution in [3.8, 4) is 5.75 Å². The number of carbonyl (C=O) groups is 1. The van der Waals surface area contributed by atoms with Crippen molar-refractivity contribution in [1.29, 1.82) is 0 Å². The molecule has 0 aliphatic carbocycles. The maximum Gasteiger partial charge on any atom is 0.257 e.